The molecule has 0 atom stereocenters. The van der Waals surface area contributed by atoms with Crippen molar-refractivity contribution in [1.82, 2.24) is 4.90 Å². The summed E-state index contributed by atoms with van der Waals surface area (Å²) in [5, 5.41) is 0. The van der Waals surface area contributed by atoms with Gasteiger partial charge in [-0.2, -0.15) is 0 Å². The van der Waals surface area contributed by atoms with Gasteiger partial charge in [-0.25, -0.2) is 0 Å². The standard InChI is InChI=1S/C30H44N2O2/c1-7-29(3,4)24-16-17-27(26(23-24)30(5,6)8-2)34-22-12-15-28(33)32-20-18-31(19-21-32)25-13-10-9-11-14-25/h9-11,13-14,16-17,23H,7-8,12,15,18-22H2,1-6H3. The maximum absolute atomic E-state index is 12.8. The van der Waals surface area contributed by atoms with Gasteiger partial charge in [0.25, 0.3) is 0 Å². The minimum absolute atomic E-state index is 0.0451. The number of para-hydroxylation sites is 1. The maximum Gasteiger partial charge on any atom is 0.222 e. The maximum atomic E-state index is 12.8. The van der Waals surface area contributed by atoms with E-state index in [1.807, 2.05) is 11.0 Å². The minimum Gasteiger partial charge on any atom is -0.493 e. The van der Waals surface area contributed by atoms with Crippen molar-refractivity contribution in [3.05, 3.63) is 59.7 Å². The first-order chi connectivity index (χ1) is 16.2. The van der Waals surface area contributed by atoms with E-state index in [0.717, 1.165) is 51.2 Å². The zero-order valence-corrected chi connectivity index (χ0v) is 22.2. The van der Waals surface area contributed by atoms with Crippen molar-refractivity contribution < 1.29 is 9.53 Å². The van der Waals surface area contributed by atoms with E-state index in [9.17, 15) is 4.79 Å². The molecular weight excluding hydrogens is 420 g/mol. The summed E-state index contributed by atoms with van der Waals surface area (Å²) < 4.78 is 6.26. The Hall–Kier alpha value is -2.49. The highest BCUT2D eigenvalue weighted by molar-refractivity contribution is 5.76. The summed E-state index contributed by atoms with van der Waals surface area (Å²) in [6, 6.07) is 17.2. The molecule has 186 valence electrons. The summed E-state index contributed by atoms with van der Waals surface area (Å²) in [6.45, 7) is 17.6. The van der Waals surface area contributed by atoms with Crippen LogP contribution in [0.15, 0.2) is 48.5 Å². The minimum atomic E-state index is 0.0451. The molecular formula is C30H44N2O2. The van der Waals surface area contributed by atoms with Crippen LogP contribution >= 0.6 is 0 Å². The number of carbonyl (C=O) groups is 1. The van der Waals surface area contributed by atoms with Crippen LogP contribution in [0.3, 0.4) is 0 Å². The Bertz CT molecular complexity index is 928. The van der Waals surface area contributed by atoms with Crippen molar-refractivity contribution in [1.29, 1.82) is 0 Å². The molecule has 3 rings (SSSR count). The van der Waals surface area contributed by atoms with Gasteiger partial charge in [0.05, 0.1) is 6.61 Å². The monoisotopic (exact) mass is 464 g/mol. The molecule has 1 amide bonds. The van der Waals surface area contributed by atoms with Crippen LogP contribution in [-0.4, -0.2) is 43.6 Å². The van der Waals surface area contributed by atoms with Gasteiger partial charge in [-0.1, -0.05) is 71.9 Å². The fraction of sp³-hybridized carbons (Fsp3) is 0.567. The van der Waals surface area contributed by atoms with Crippen LogP contribution in [0.25, 0.3) is 0 Å². The lowest BCUT2D eigenvalue weighted by atomic mass is 9.76. The Kier molecular flexibility index (Phi) is 8.67. The number of amides is 1. The van der Waals surface area contributed by atoms with E-state index in [2.05, 4.69) is 88.9 Å². The van der Waals surface area contributed by atoms with Crippen LogP contribution in [0, 0.1) is 0 Å². The average molecular weight is 465 g/mol. The Balaban J connectivity index is 1.52. The summed E-state index contributed by atoms with van der Waals surface area (Å²) in [4.78, 5) is 17.1. The molecule has 0 spiro atoms. The number of hydrogen-bond acceptors (Lipinski definition) is 3. The molecule has 1 heterocycles. The van der Waals surface area contributed by atoms with Crippen molar-refractivity contribution in [2.45, 2.75) is 78.1 Å². The molecule has 0 aromatic heterocycles. The molecule has 0 saturated carbocycles. The quantitative estimate of drug-likeness (QED) is 0.373. The molecule has 1 saturated heterocycles. The summed E-state index contributed by atoms with van der Waals surface area (Å²) in [5.41, 5.74) is 4.07. The summed E-state index contributed by atoms with van der Waals surface area (Å²) >= 11 is 0. The molecule has 4 nitrogen and oxygen atoms in total. The number of rotatable bonds is 10. The van der Waals surface area contributed by atoms with Crippen molar-refractivity contribution in [3.8, 4) is 5.75 Å². The van der Waals surface area contributed by atoms with Crippen LogP contribution in [0.2, 0.25) is 0 Å². The summed E-state index contributed by atoms with van der Waals surface area (Å²) in [6.07, 6.45) is 3.43. The Morgan fingerprint density at radius 1 is 0.882 bits per heavy atom. The third kappa shape index (κ3) is 6.34. The van der Waals surface area contributed by atoms with E-state index >= 15 is 0 Å². The van der Waals surface area contributed by atoms with Crippen LogP contribution in [-0.2, 0) is 15.6 Å². The van der Waals surface area contributed by atoms with Gasteiger partial charge in [0.15, 0.2) is 0 Å². The fourth-order valence-electron chi connectivity index (χ4n) is 4.42. The molecule has 1 aliphatic heterocycles. The lowest BCUT2D eigenvalue weighted by Gasteiger charge is -2.36. The van der Waals surface area contributed by atoms with Gasteiger partial charge in [-0.05, 0) is 53.9 Å². The number of hydrogen-bond donors (Lipinski definition) is 0. The normalized spacial score (nSPS) is 14.9. The average Bonchev–Trinajstić information content (AvgIpc) is 2.87. The van der Waals surface area contributed by atoms with Gasteiger partial charge in [0.2, 0.25) is 5.91 Å². The van der Waals surface area contributed by atoms with Crippen LogP contribution < -0.4 is 9.64 Å². The van der Waals surface area contributed by atoms with E-state index < -0.39 is 0 Å². The van der Waals surface area contributed by atoms with Crippen LogP contribution in [0.5, 0.6) is 5.75 Å². The van der Waals surface area contributed by atoms with Gasteiger partial charge in [-0.15, -0.1) is 0 Å². The van der Waals surface area contributed by atoms with Gasteiger partial charge in [-0.3, -0.25) is 4.79 Å². The molecule has 1 fully saturated rings. The van der Waals surface area contributed by atoms with Gasteiger partial charge in [0, 0.05) is 43.9 Å². The predicted molar refractivity (Wildman–Crippen MR) is 143 cm³/mol. The van der Waals surface area contributed by atoms with Crippen molar-refractivity contribution in [2.75, 3.05) is 37.7 Å². The molecule has 0 unspecified atom stereocenters. The molecule has 0 radical (unpaired) electrons. The van der Waals surface area contributed by atoms with Crippen molar-refractivity contribution >= 4 is 11.6 Å². The van der Waals surface area contributed by atoms with Crippen molar-refractivity contribution in [3.63, 3.8) is 0 Å². The number of ether oxygens (including phenoxy) is 1. The van der Waals surface area contributed by atoms with Crippen molar-refractivity contribution in [2.24, 2.45) is 0 Å². The van der Waals surface area contributed by atoms with Gasteiger partial charge >= 0.3 is 0 Å². The number of anilines is 1. The molecule has 2 aromatic rings. The number of benzene rings is 2. The number of piperazine rings is 1. The second kappa shape index (κ2) is 11.3. The number of carbonyl (C=O) groups excluding carboxylic acids is 1. The van der Waals surface area contributed by atoms with E-state index in [0.29, 0.717) is 13.0 Å². The first-order valence-electron chi connectivity index (χ1n) is 13.0. The summed E-state index contributed by atoms with van der Waals surface area (Å²) in [5.74, 6) is 1.21. The summed E-state index contributed by atoms with van der Waals surface area (Å²) in [7, 11) is 0. The predicted octanol–water partition coefficient (Wildman–Crippen LogP) is 6.57. The Labute approximate surface area is 207 Å². The van der Waals surface area contributed by atoms with Gasteiger partial charge < -0.3 is 14.5 Å². The Morgan fingerprint density at radius 2 is 1.53 bits per heavy atom. The molecule has 34 heavy (non-hydrogen) atoms. The smallest absolute Gasteiger partial charge is 0.222 e. The van der Waals surface area contributed by atoms with Gasteiger partial charge in [0.1, 0.15) is 5.75 Å². The molecule has 0 aliphatic carbocycles. The highest BCUT2D eigenvalue weighted by atomic mass is 16.5. The van der Waals surface area contributed by atoms with E-state index in [1.165, 1.54) is 16.8 Å². The topological polar surface area (TPSA) is 32.8 Å². The van der Waals surface area contributed by atoms with E-state index in [4.69, 9.17) is 4.74 Å². The third-order valence-corrected chi connectivity index (χ3v) is 7.80. The molecule has 0 N–H and O–H groups in total. The first-order valence-corrected chi connectivity index (χ1v) is 13.0. The SMILES string of the molecule is CCC(C)(C)c1ccc(OCCCC(=O)N2CCN(c3ccccc3)CC2)c(C(C)(C)CC)c1. The number of nitrogens with zero attached hydrogens (tertiary/aromatic N) is 2. The van der Waals surface area contributed by atoms with Crippen LogP contribution in [0.1, 0.15) is 78.4 Å². The highest BCUT2D eigenvalue weighted by Crippen LogP contribution is 2.38. The lowest BCUT2D eigenvalue weighted by molar-refractivity contribution is -0.131. The molecule has 4 heteroatoms. The third-order valence-electron chi connectivity index (χ3n) is 7.80. The fourth-order valence-corrected chi connectivity index (χ4v) is 4.42. The van der Waals surface area contributed by atoms with Crippen LogP contribution in [0.4, 0.5) is 5.69 Å². The molecule has 0 bridgehead atoms. The highest BCUT2D eigenvalue weighted by Gasteiger charge is 2.27. The second-order valence-electron chi connectivity index (χ2n) is 10.8. The molecule has 1 aliphatic rings. The largest absolute Gasteiger partial charge is 0.493 e. The molecule has 2 aromatic carbocycles. The zero-order chi connectivity index (χ0) is 24.8. The zero-order valence-electron chi connectivity index (χ0n) is 22.2. The van der Waals surface area contributed by atoms with E-state index in [-0.39, 0.29) is 16.7 Å². The first kappa shape index (κ1) is 26.1. The Morgan fingerprint density at radius 3 is 2.15 bits per heavy atom. The second-order valence-corrected chi connectivity index (χ2v) is 10.8. The lowest BCUT2D eigenvalue weighted by Crippen LogP contribution is -2.48. The van der Waals surface area contributed by atoms with E-state index in [1.54, 1.807) is 0 Å².